The fourth-order valence-corrected chi connectivity index (χ4v) is 4.63. The van der Waals surface area contributed by atoms with Gasteiger partial charge in [0.15, 0.2) is 9.84 Å². The Balaban J connectivity index is 1.39. The number of nitrogens with one attached hydrogen (secondary N) is 1. The molecule has 2 heterocycles. The lowest BCUT2D eigenvalue weighted by Gasteiger charge is -2.37. The van der Waals surface area contributed by atoms with Crippen molar-refractivity contribution < 1.29 is 13.2 Å². The SMILES string of the molecule is CS(=O)(=O)c1cccc(C(=O)Nc2ccccc2N2CCN(CCc3ccncc3)CC2)c1. The van der Waals surface area contributed by atoms with Crippen LogP contribution in [0.1, 0.15) is 15.9 Å². The molecule has 172 valence electrons. The van der Waals surface area contributed by atoms with Crippen LogP contribution in [0.15, 0.2) is 78.0 Å². The van der Waals surface area contributed by atoms with E-state index in [0.29, 0.717) is 5.56 Å². The molecule has 0 bridgehead atoms. The zero-order valence-electron chi connectivity index (χ0n) is 18.6. The van der Waals surface area contributed by atoms with E-state index in [2.05, 4.69) is 32.2 Å². The second-order valence-electron chi connectivity index (χ2n) is 8.21. The number of sulfone groups is 1. The predicted molar refractivity (Wildman–Crippen MR) is 131 cm³/mol. The van der Waals surface area contributed by atoms with Crippen LogP contribution in [0.25, 0.3) is 0 Å². The standard InChI is InChI=1S/C25H28N4O3S/c1-33(31,32)22-6-4-5-21(19-22)25(30)27-23-7-2-3-8-24(23)29-17-15-28(16-18-29)14-11-20-9-12-26-13-10-20/h2-10,12-13,19H,11,14-18H2,1H3,(H,27,30). The minimum atomic E-state index is -3.38. The average Bonchev–Trinajstić information content (AvgIpc) is 2.84. The van der Waals surface area contributed by atoms with E-state index in [9.17, 15) is 13.2 Å². The summed E-state index contributed by atoms with van der Waals surface area (Å²) in [6.45, 7) is 4.64. The van der Waals surface area contributed by atoms with Crippen molar-refractivity contribution >= 4 is 27.1 Å². The van der Waals surface area contributed by atoms with E-state index in [-0.39, 0.29) is 10.8 Å². The lowest BCUT2D eigenvalue weighted by Crippen LogP contribution is -2.47. The Labute approximate surface area is 195 Å². The summed E-state index contributed by atoms with van der Waals surface area (Å²) in [5.74, 6) is -0.330. The molecular weight excluding hydrogens is 436 g/mol. The summed E-state index contributed by atoms with van der Waals surface area (Å²) in [7, 11) is -3.38. The molecule has 2 aromatic carbocycles. The molecule has 1 aromatic heterocycles. The van der Waals surface area contributed by atoms with Gasteiger partial charge in [-0.3, -0.25) is 14.7 Å². The van der Waals surface area contributed by atoms with Crippen molar-refractivity contribution in [3.8, 4) is 0 Å². The molecule has 1 amide bonds. The maximum Gasteiger partial charge on any atom is 0.255 e. The van der Waals surface area contributed by atoms with Gasteiger partial charge in [-0.1, -0.05) is 18.2 Å². The lowest BCUT2D eigenvalue weighted by molar-refractivity contribution is 0.102. The molecule has 1 fully saturated rings. The molecule has 0 spiro atoms. The van der Waals surface area contributed by atoms with Gasteiger partial charge in [-0.2, -0.15) is 0 Å². The monoisotopic (exact) mass is 464 g/mol. The van der Waals surface area contributed by atoms with Crippen LogP contribution in [0, 0.1) is 0 Å². The van der Waals surface area contributed by atoms with Crippen molar-refractivity contribution in [3.63, 3.8) is 0 Å². The summed E-state index contributed by atoms with van der Waals surface area (Å²) in [6, 6.07) is 18.0. The molecular formula is C25H28N4O3S. The van der Waals surface area contributed by atoms with Gasteiger partial charge in [0.2, 0.25) is 0 Å². The van der Waals surface area contributed by atoms with Gasteiger partial charge in [-0.25, -0.2) is 8.42 Å². The number of carbonyl (C=O) groups is 1. The number of carbonyl (C=O) groups excluding carboxylic acids is 1. The van der Waals surface area contributed by atoms with E-state index >= 15 is 0 Å². The number of piperazine rings is 1. The smallest absolute Gasteiger partial charge is 0.255 e. The summed E-state index contributed by atoms with van der Waals surface area (Å²) in [5.41, 5.74) is 3.30. The van der Waals surface area contributed by atoms with Crippen LogP contribution in [0.2, 0.25) is 0 Å². The summed E-state index contributed by atoms with van der Waals surface area (Å²) < 4.78 is 23.7. The molecule has 33 heavy (non-hydrogen) atoms. The van der Waals surface area contributed by atoms with Gasteiger partial charge >= 0.3 is 0 Å². The molecule has 1 aliphatic heterocycles. The lowest BCUT2D eigenvalue weighted by atomic mass is 10.1. The summed E-state index contributed by atoms with van der Waals surface area (Å²) in [4.78, 5) is 21.8. The third-order valence-electron chi connectivity index (χ3n) is 5.86. The number of nitrogens with zero attached hydrogens (tertiary/aromatic N) is 3. The Kier molecular flexibility index (Phi) is 7.05. The van der Waals surface area contributed by atoms with E-state index in [0.717, 1.165) is 56.8 Å². The van der Waals surface area contributed by atoms with Crippen molar-refractivity contribution in [2.45, 2.75) is 11.3 Å². The number of amides is 1. The van der Waals surface area contributed by atoms with Gasteiger partial charge in [0, 0.05) is 56.9 Å². The Bertz CT molecular complexity index is 1210. The Morgan fingerprint density at radius 1 is 0.970 bits per heavy atom. The molecule has 1 N–H and O–H groups in total. The zero-order valence-corrected chi connectivity index (χ0v) is 19.5. The van der Waals surface area contributed by atoms with Crippen molar-refractivity contribution in [3.05, 3.63) is 84.2 Å². The first kappa shape index (κ1) is 22.9. The second-order valence-corrected chi connectivity index (χ2v) is 10.2. The van der Waals surface area contributed by atoms with Gasteiger partial charge in [-0.05, 0) is 54.4 Å². The van der Waals surface area contributed by atoms with Crippen LogP contribution in [-0.2, 0) is 16.3 Å². The maximum atomic E-state index is 12.9. The molecule has 7 nitrogen and oxygen atoms in total. The third-order valence-corrected chi connectivity index (χ3v) is 6.97. The number of aromatic nitrogens is 1. The van der Waals surface area contributed by atoms with Gasteiger partial charge in [0.25, 0.3) is 5.91 Å². The van der Waals surface area contributed by atoms with E-state index in [1.807, 2.05) is 36.7 Å². The quantitative estimate of drug-likeness (QED) is 0.579. The van der Waals surface area contributed by atoms with Gasteiger partial charge < -0.3 is 10.2 Å². The fourth-order valence-electron chi connectivity index (χ4n) is 3.97. The normalized spacial score (nSPS) is 14.8. The van der Waals surface area contributed by atoms with E-state index in [4.69, 9.17) is 0 Å². The van der Waals surface area contributed by atoms with Crippen molar-refractivity contribution in [1.82, 2.24) is 9.88 Å². The Hall–Kier alpha value is -3.23. The number of pyridine rings is 1. The Morgan fingerprint density at radius 2 is 1.70 bits per heavy atom. The highest BCUT2D eigenvalue weighted by Gasteiger charge is 2.20. The largest absolute Gasteiger partial charge is 0.367 e. The minimum absolute atomic E-state index is 0.131. The number of rotatable bonds is 7. The predicted octanol–water partition coefficient (Wildman–Crippen LogP) is 3.10. The number of anilines is 2. The molecule has 0 unspecified atom stereocenters. The van der Waals surface area contributed by atoms with E-state index in [1.54, 1.807) is 12.1 Å². The van der Waals surface area contributed by atoms with Crippen molar-refractivity contribution in [1.29, 1.82) is 0 Å². The second kappa shape index (κ2) is 10.1. The van der Waals surface area contributed by atoms with Crippen LogP contribution in [0.3, 0.4) is 0 Å². The molecule has 0 radical (unpaired) electrons. The molecule has 0 atom stereocenters. The molecule has 0 saturated carbocycles. The maximum absolute atomic E-state index is 12.9. The highest BCUT2D eigenvalue weighted by molar-refractivity contribution is 7.90. The summed E-state index contributed by atoms with van der Waals surface area (Å²) >= 11 is 0. The highest BCUT2D eigenvalue weighted by Crippen LogP contribution is 2.27. The Morgan fingerprint density at radius 3 is 2.42 bits per heavy atom. The first-order chi connectivity index (χ1) is 15.9. The first-order valence-corrected chi connectivity index (χ1v) is 12.9. The number of benzene rings is 2. The van der Waals surface area contributed by atoms with Gasteiger partial charge in [0.1, 0.15) is 0 Å². The van der Waals surface area contributed by atoms with Crippen LogP contribution in [0.4, 0.5) is 11.4 Å². The van der Waals surface area contributed by atoms with Gasteiger partial charge in [0.05, 0.1) is 16.3 Å². The zero-order chi connectivity index (χ0) is 23.3. The van der Waals surface area contributed by atoms with Crippen molar-refractivity contribution in [2.75, 3.05) is 49.2 Å². The molecule has 1 aliphatic rings. The molecule has 3 aromatic rings. The van der Waals surface area contributed by atoms with E-state index in [1.165, 1.54) is 17.7 Å². The molecule has 8 heteroatoms. The van der Waals surface area contributed by atoms with Crippen LogP contribution < -0.4 is 10.2 Å². The fraction of sp³-hybridized carbons (Fsp3) is 0.280. The number of para-hydroxylation sites is 2. The third kappa shape index (κ3) is 5.97. The number of hydrogen-bond donors (Lipinski definition) is 1. The van der Waals surface area contributed by atoms with Crippen molar-refractivity contribution in [2.24, 2.45) is 0 Å². The first-order valence-electron chi connectivity index (χ1n) is 11.0. The van der Waals surface area contributed by atoms with Gasteiger partial charge in [-0.15, -0.1) is 0 Å². The van der Waals surface area contributed by atoms with E-state index < -0.39 is 9.84 Å². The molecule has 0 aliphatic carbocycles. The summed E-state index contributed by atoms with van der Waals surface area (Å²) in [5, 5.41) is 2.97. The van der Waals surface area contributed by atoms with Crippen LogP contribution >= 0.6 is 0 Å². The summed E-state index contributed by atoms with van der Waals surface area (Å²) in [6.07, 6.45) is 5.80. The average molecular weight is 465 g/mol. The van der Waals surface area contributed by atoms with Crippen LogP contribution in [0.5, 0.6) is 0 Å². The minimum Gasteiger partial charge on any atom is -0.367 e. The molecule has 1 saturated heterocycles. The number of hydrogen-bond acceptors (Lipinski definition) is 6. The highest BCUT2D eigenvalue weighted by atomic mass is 32.2. The molecule has 4 rings (SSSR count). The topological polar surface area (TPSA) is 82.6 Å². The van der Waals surface area contributed by atoms with Crippen LogP contribution in [-0.4, -0.2) is 63.2 Å².